The van der Waals surface area contributed by atoms with Crippen molar-refractivity contribution in [3.8, 4) is 0 Å². The van der Waals surface area contributed by atoms with Gasteiger partial charge in [-0.15, -0.1) is 0 Å². The number of aliphatic carboxylic acids is 2. The van der Waals surface area contributed by atoms with E-state index in [4.69, 9.17) is 10.8 Å². The van der Waals surface area contributed by atoms with Crippen LogP contribution in [0.4, 0.5) is 0 Å². The summed E-state index contributed by atoms with van der Waals surface area (Å²) in [6, 6.07) is -4.84. The molecule has 6 atom stereocenters. The normalized spacial score (nSPS) is 16.6. The maximum absolute atomic E-state index is 13.0. The number of carboxylic acid groups (broad SMARTS) is 2. The Kier molecular flexibility index (Phi) is 13.2. The Morgan fingerprint density at radius 2 is 1.39 bits per heavy atom. The summed E-state index contributed by atoms with van der Waals surface area (Å²) in [6.07, 6.45) is -1.08. The fourth-order valence-electron chi connectivity index (χ4n) is 2.98. The van der Waals surface area contributed by atoms with Crippen LogP contribution in [0, 0.1) is 11.8 Å². The van der Waals surface area contributed by atoms with Crippen LogP contribution in [0.5, 0.6) is 0 Å². The van der Waals surface area contributed by atoms with E-state index in [0.717, 1.165) is 0 Å². The fourth-order valence-corrected chi connectivity index (χ4v) is 2.98. The first-order valence-corrected chi connectivity index (χ1v) is 11.0. The summed E-state index contributed by atoms with van der Waals surface area (Å²) in [5.74, 6) is -5.04. The van der Waals surface area contributed by atoms with E-state index in [-0.39, 0.29) is 31.1 Å². The smallest absolute Gasteiger partial charge is 0.328 e. The minimum absolute atomic E-state index is 0.0445. The molecule has 12 heteroatoms. The molecule has 3 amide bonds. The van der Waals surface area contributed by atoms with E-state index in [1.54, 1.807) is 13.8 Å². The Balaban J connectivity index is 5.52. The van der Waals surface area contributed by atoms with Crippen molar-refractivity contribution in [1.82, 2.24) is 16.0 Å². The zero-order valence-electron chi connectivity index (χ0n) is 19.8. The average molecular weight is 475 g/mol. The molecule has 0 saturated carbocycles. The third kappa shape index (κ3) is 11.1. The molecule has 190 valence electrons. The molecule has 0 fully saturated rings. The Labute approximate surface area is 193 Å². The number of nitrogens with two attached hydrogens (primary N) is 1. The van der Waals surface area contributed by atoms with Gasteiger partial charge < -0.3 is 37.0 Å². The molecule has 0 aromatic carbocycles. The van der Waals surface area contributed by atoms with Crippen molar-refractivity contribution in [2.24, 2.45) is 17.6 Å². The number of amides is 3. The number of rotatable bonds is 15. The Hall–Kier alpha value is -2.73. The van der Waals surface area contributed by atoms with Gasteiger partial charge in [0.1, 0.15) is 12.1 Å². The van der Waals surface area contributed by atoms with Gasteiger partial charge in [-0.05, 0) is 31.6 Å². The quantitative estimate of drug-likeness (QED) is 0.158. The van der Waals surface area contributed by atoms with Crippen LogP contribution in [0.2, 0.25) is 0 Å². The molecular formula is C21H38N4O8. The van der Waals surface area contributed by atoms with E-state index in [2.05, 4.69) is 16.0 Å². The van der Waals surface area contributed by atoms with E-state index in [1.165, 1.54) is 6.92 Å². The van der Waals surface area contributed by atoms with Crippen LogP contribution in [0.1, 0.15) is 60.3 Å². The van der Waals surface area contributed by atoms with Crippen molar-refractivity contribution < 1.29 is 39.3 Å². The molecule has 0 aromatic rings. The van der Waals surface area contributed by atoms with Crippen LogP contribution in [0.15, 0.2) is 0 Å². The summed E-state index contributed by atoms with van der Waals surface area (Å²) in [5, 5.41) is 34.9. The molecule has 6 unspecified atom stereocenters. The van der Waals surface area contributed by atoms with Crippen LogP contribution < -0.4 is 21.7 Å². The molecule has 0 saturated heterocycles. The molecule has 0 radical (unpaired) electrons. The number of aliphatic hydroxyl groups excluding tert-OH is 1. The fraction of sp³-hybridized carbons (Fsp3) is 0.762. The molecule has 0 aliphatic heterocycles. The van der Waals surface area contributed by atoms with Crippen LogP contribution in [-0.4, -0.2) is 75.3 Å². The van der Waals surface area contributed by atoms with Gasteiger partial charge in [-0.3, -0.25) is 19.2 Å². The van der Waals surface area contributed by atoms with E-state index >= 15 is 0 Å². The predicted molar refractivity (Wildman–Crippen MR) is 119 cm³/mol. The number of aliphatic hydroxyl groups is 1. The molecule has 0 aromatic heterocycles. The van der Waals surface area contributed by atoms with Gasteiger partial charge in [-0.2, -0.15) is 0 Å². The lowest BCUT2D eigenvalue weighted by Crippen LogP contribution is -2.59. The third-order valence-electron chi connectivity index (χ3n) is 5.19. The molecule has 33 heavy (non-hydrogen) atoms. The molecule has 0 aliphatic carbocycles. The van der Waals surface area contributed by atoms with Gasteiger partial charge in [0.2, 0.25) is 17.7 Å². The highest BCUT2D eigenvalue weighted by atomic mass is 16.4. The van der Waals surface area contributed by atoms with Crippen LogP contribution in [0.3, 0.4) is 0 Å². The van der Waals surface area contributed by atoms with Crippen LogP contribution in [0.25, 0.3) is 0 Å². The topological polar surface area (TPSA) is 208 Å². The Morgan fingerprint density at radius 3 is 1.82 bits per heavy atom. The minimum atomic E-state index is -1.55. The first-order valence-electron chi connectivity index (χ1n) is 11.0. The zero-order chi connectivity index (χ0) is 25.9. The highest BCUT2D eigenvalue weighted by Gasteiger charge is 2.33. The Morgan fingerprint density at radius 1 is 0.848 bits per heavy atom. The molecular weight excluding hydrogens is 436 g/mol. The second-order valence-corrected chi connectivity index (χ2v) is 8.67. The monoisotopic (exact) mass is 474 g/mol. The summed E-state index contributed by atoms with van der Waals surface area (Å²) in [6.45, 7) is 8.37. The van der Waals surface area contributed by atoms with E-state index in [1.807, 2.05) is 13.8 Å². The molecule has 8 N–H and O–H groups in total. The maximum atomic E-state index is 13.0. The summed E-state index contributed by atoms with van der Waals surface area (Å²) < 4.78 is 0. The van der Waals surface area contributed by atoms with Crippen LogP contribution in [-0.2, 0) is 24.0 Å². The van der Waals surface area contributed by atoms with Gasteiger partial charge in [0, 0.05) is 6.42 Å². The van der Waals surface area contributed by atoms with E-state index in [0.29, 0.717) is 6.42 Å². The summed E-state index contributed by atoms with van der Waals surface area (Å²) in [7, 11) is 0. The van der Waals surface area contributed by atoms with Gasteiger partial charge >= 0.3 is 11.9 Å². The summed E-state index contributed by atoms with van der Waals surface area (Å²) >= 11 is 0. The standard InChI is InChI=1S/C21H38N4O8/c1-6-11(4)16(24-18(29)13(22)7-8-15(27)28)20(31)23-14(9-10(2)3)19(30)25-17(12(5)26)21(32)33/h10-14,16-17,26H,6-9,22H2,1-5H3,(H,23,31)(H,24,29)(H,25,30)(H,27,28)(H,32,33). The largest absolute Gasteiger partial charge is 0.481 e. The lowest BCUT2D eigenvalue weighted by molar-refractivity contribution is -0.145. The number of nitrogens with one attached hydrogen (secondary N) is 3. The van der Waals surface area contributed by atoms with Crippen molar-refractivity contribution in [2.45, 2.75) is 90.6 Å². The van der Waals surface area contributed by atoms with Gasteiger partial charge in [-0.1, -0.05) is 34.1 Å². The maximum Gasteiger partial charge on any atom is 0.328 e. The van der Waals surface area contributed by atoms with Crippen molar-refractivity contribution in [3.63, 3.8) is 0 Å². The van der Waals surface area contributed by atoms with E-state index in [9.17, 15) is 34.2 Å². The number of hydrogen-bond acceptors (Lipinski definition) is 7. The second-order valence-electron chi connectivity index (χ2n) is 8.67. The molecule has 0 rings (SSSR count). The first kappa shape index (κ1) is 30.3. The Bertz CT molecular complexity index is 698. The van der Waals surface area contributed by atoms with Crippen molar-refractivity contribution in [1.29, 1.82) is 0 Å². The second kappa shape index (κ2) is 14.4. The molecule has 0 heterocycles. The first-order chi connectivity index (χ1) is 15.2. The molecule has 0 spiro atoms. The summed E-state index contributed by atoms with van der Waals surface area (Å²) in [5.41, 5.74) is 5.73. The highest BCUT2D eigenvalue weighted by molar-refractivity contribution is 5.94. The van der Waals surface area contributed by atoms with Gasteiger partial charge in [0.05, 0.1) is 12.1 Å². The molecule has 12 nitrogen and oxygen atoms in total. The summed E-state index contributed by atoms with van der Waals surface area (Å²) in [4.78, 5) is 60.1. The third-order valence-corrected chi connectivity index (χ3v) is 5.19. The van der Waals surface area contributed by atoms with Gasteiger partial charge in [-0.25, -0.2) is 4.79 Å². The molecule has 0 aliphatic rings. The lowest BCUT2D eigenvalue weighted by Gasteiger charge is -2.28. The van der Waals surface area contributed by atoms with Gasteiger partial charge in [0.15, 0.2) is 6.04 Å². The number of hydrogen-bond donors (Lipinski definition) is 7. The number of carbonyl (C=O) groups excluding carboxylic acids is 3. The van der Waals surface area contributed by atoms with Crippen LogP contribution >= 0.6 is 0 Å². The SMILES string of the molecule is CCC(C)C(NC(=O)C(N)CCC(=O)O)C(=O)NC(CC(C)C)C(=O)NC(C(=O)O)C(C)O. The number of carbonyl (C=O) groups is 5. The zero-order valence-corrected chi connectivity index (χ0v) is 19.8. The van der Waals surface area contributed by atoms with Crippen molar-refractivity contribution in [3.05, 3.63) is 0 Å². The minimum Gasteiger partial charge on any atom is -0.481 e. The number of carboxylic acids is 2. The lowest BCUT2D eigenvalue weighted by atomic mass is 9.96. The average Bonchev–Trinajstić information content (AvgIpc) is 2.71. The van der Waals surface area contributed by atoms with Crippen molar-refractivity contribution in [2.75, 3.05) is 0 Å². The van der Waals surface area contributed by atoms with Gasteiger partial charge in [0.25, 0.3) is 0 Å². The van der Waals surface area contributed by atoms with E-state index < -0.39 is 59.9 Å². The van der Waals surface area contributed by atoms with Crippen molar-refractivity contribution >= 4 is 29.7 Å². The predicted octanol–water partition coefficient (Wildman–Crippen LogP) is -0.809. The highest BCUT2D eigenvalue weighted by Crippen LogP contribution is 2.12. The molecule has 0 bridgehead atoms.